The average Bonchev–Trinajstić information content (AvgIpc) is 3.20. The summed E-state index contributed by atoms with van der Waals surface area (Å²) < 4.78 is 30.7. The van der Waals surface area contributed by atoms with Gasteiger partial charge in [-0.3, -0.25) is 9.59 Å². The summed E-state index contributed by atoms with van der Waals surface area (Å²) in [5, 5.41) is 10.2. The lowest BCUT2D eigenvalue weighted by Gasteiger charge is -2.31. The van der Waals surface area contributed by atoms with Crippen molar-refractivity contribution in [2.75, 3.05) is 26.6 Å². The molecule has 2 aliphatic heterocycles. The molecule has 0 bridgehead atoms. The lowest BCUT2D eigenvalue weighted by molar-refractivity contribution is 0.0302. The molecule has 0 saturated carbocycles. The Hall–Kier alpha value is -2.91. The Morgan fingerprint density at radius 3 is 2.71 bits per heavy atom. The van der Waals surface area contributed by atoms with Crippen LogP contribution in [0.3, 0.4) is 0 Å². The Morgan fingerprint density at radius 1 is 1.21 bits per heavy atom. The van der Waals surface area contributed by atoms with E-state index >= 15 is 0 Å². The number of hydrogen-bond donors (Lipinski definition) is 1. The zero-order valence-electron chi connectivity index (χ0n) is 15.0. The molecule has 8 nitrogen and oxygen atoms in total. The van der Waals surface area contributed by atoms with Gasteiger partial charge in [0.15, 0.2) is 17.3 Å². The number of pyridine rings is 1. The molecule has 1 N–H and O–H groups in total. The van der Waals surface area contributed by atoms with Gasteiger partial charge in [-0.15, -0.1) is 0 Å². The van der Waals surface area contributed by atoms with Gasteiger partial charge in [0.05, 0.1) is 6.61 Å². The lowest BCUT2D eigenvalue weighted by Crippen LogP contribution is -2.41. The molecule has 4 rings (SSSR count). The van der Waals surface area contributed by atoms with Crippen LogP contribution in [0.25, 0.3) is 0 Å². The van der Waals surface area contributed by atoms with Crippen molar-refractivity contribution in [1.82, 2.24) is 9.47 Å². The molecule has 1 fully saturated rings. The van der Waals surface area contributed by atoms with Gasteiger partial charge in [-0.05, 0) is 17.7 Å². The first-order valence-electron chi connectivity index (χ1n) is 8.85. The van der Waals surface area contributed by atoms with E-state index < -0.39 is 17.1 Å². The van der Waals surface area contributed by atoms with Gasteiger partial charge in [0.1, 0.15) is 25.3 Å². The van der Waals surface area contributed by atoms with E-state index in [4.69, 9.17) is 14.2 Å². The number of nitrogens with zero attached hydrogens (tertiary/aromatic N) is 2. The minimum absolute atomic E-state index is 0.112. The van der Waals surface area contributed by atoms with Crippen molar-refractivity contribution < 1.29 is 28.5 Å². The van der Waals surface area contributed by atoms with Gasteiger partial charge in [-0.1, -0.05) is 12.1 Å². The van der Waals surface area contributed by atoms with Gasteiger partial charge in [-0.2, -0.15) is 0 Å². The van der Waals surface area contributed by atoms with Crippen molar-refractivity contribution in [3.8, 4) is 11.6 Å². The quantitative estimate of drug-likeness (QED) is 0.822. The maximum atomic E-state index is 13.1. The fourth-order valence-corrected chi connectivity index (χ4v) is 3.25. The standard InChI is InChI=1S/C19H19FN2O6/c20-13-3-1-12(2-4-13)8-21-5-6-22-16(27-10-14-9-26-11-28-14)7-15(23)18(24)17(22)19(21)25/h1-4,7,14,24H,5-6,8-11H2. The van der Waals surface area contributed by atoms with Gasteiger partial charge in [0.2, 0.25) is 5.43 Å². The Labute approximate surface area is 159 Å². The third-order valence-corrected chi connectivity index (χ3v) is 4.73. The molecule has 28 heavy (non-hydrogen) atoms. The predicted octanol–water partition coefficient (Wildman–Crippen LogP) is 1.10. The van der Waals surface area contributed by atoms with Crippen molar-refractivity contribution in [3.05, 3.63) is 57.6 Å². The maximum absolute atomic E-state index is 13.1. The van der Waals surface area contributed by atoms with Crippen LogP contribution in [0.4, 0.5) is 4.39 Å². The van der Waals surface area contributed by atoms with Crippen molar-refractivity contribution in [2.24, 2.45) is 0 Å². The molecule has 1 saturated heterocycles. The number of ether oxygens (including phenoxy) is 3. The topological polar surface area (TPSA) is 90.2 Å². The molecule has 1 unspecified atom stereocenters. The molecule has 148 valence electrons. The third kappa shape index (κ3) is 3.58. The van der Waals surface area contributed by atoms with Crippen molar-refractivity contribution in [3.63, 3.8) is 0 Å². The molecule has 1 aromatic heterocycles. The Bertz CT molecular complexity index is 937. The first-order chi connectivity index (χ1) is 13.5. The van der Waals surface area contributed by atoms with E-state index in [2.05, 4.69) is 0 Å². The van der Waals surface area contributed by atoms with Gasteiger partial charge < -0.3 is 28.8 Å². The molecule has 2 aromatic rings. The van der Waals surface area contributed by atoms with Crippen LogP contribution < -0.4 is 10.2 Å². The third-order valence-electron chi connectivity index (χ3n) is 4.73. The van der Waals surface area contributed by atoms with Crippen LogP contribution in [-0.4, -0.2) is 53.1 Å². The van der Waals surface area contributed by atoms with E-state index in [1.54, 1.807) is 12.1 Å². The summed E-state index contributed by atoms with van der Waals surface area (Å²) in [6.07, 6.45) is -0.255. The number of fused-ring (bicyclic) bond motifs is 1. The van der Waals surface area contributed by atoms with Crippen LogP contribution in [0.2, 0.25) is 0 Å². The predicted molar refractivity (Wildman–Crippen MR) is 94.7 cm³/mol. The highest BCUT2D eigenvalue weighted by molar-refractivity contribution is 5.96. The summed E-state index contributed by atoms with van der Waals surface area (Å²) in [6.45, 7) is 1.68. The number of aromatic hydroxyl groups is 1. The molecule has 1 atom stereocenters. The number of rotatable bonds is 5. The SMILES string of the molecule is O=C1c2c(O)c(=O)cc(OCC3COCO3)n2CCN1Cc1ccc(F)cc1. The highest BCUT2D eigenvalue weighted by atomic mass is 19.1. The number of halogens is 1. The number of aromatic nitrogens is 1. The molecule has 3 heterocycles. The van der Waals surface area contributed by atoms with Crippen molar-refractivity contribution in [2.45, 2.75) is 19.2 Å². The van der Waals surface area contributed by atoms with E-state index in [1.165, 1.54) is 21.6 Å². The molecular weight excluding hydrogens is 371 g/mol. The number of carbonyl (C=O) groups excluding carboxylic acids is 1. The second kappa shape index (κ2) is 7.61. The highest BCUT2D eigenvalue weighted by Crippen LogP contribution is 2.26. The lowest BCUT2D eigenvalue weighted by atomic mass is 10.1. The molecular formula is C19H19FN2O6. The Kier molecular flexibility index (Phi) is 5.01. The first-order valence-corrected chi connectivity index (χ1v) is 8.85. The summed E-state index contributed by atoms with van der Waals surface area (Å²) in [5.74, 6) is -1.26. The van der Waals surface area contributed by atoms with Gasteiger partial charge in [0.25, 0.3) is 5.91 Å². The van der Waals surface area contributed by atoms with E-state index in [0.29, 0.717) is 19.7 Å². The fraction of sp³-hybridized carbons (Fsp3) is 0.368. The van der Waals surface area contributed by atoms with Crippen LogP contribution in [0.1, 0.15) is 16.1 Å². The summed E-state index contributed by atoms with van der Waals surface area (Å²) in [6, 6.07) is 6.99. The fourth-order valence-electron chi connectivity index (χ4n) is 3.25. The maximum Gasteiger partial charge on any atom is 0.274 e. The second-order valence-corrected chi connectivity index (χ2v) is 6.64. The van der Waals surface area contributed by atoms with Crippen molar-refractivity contribution >= 4 is 5.91 Å². The zero-order valence-corrected chi connectivity index (χ0v) is 15.0. The number of benzene rings is 1. The van der Waals surface area contributed by atoms with E-state index in [-0.39, 0.29) is 43.4 Å². The average molecular weight is 390 g/mol. The second-order valence-electron chi connectivity index (χ2n) is 6.64. The molecule has 2 aliphatic rings. The Balaban J connectivity index is 1.58. The zero-order chi connectivity index (χ0) is 19.7. The van der Waals surface area contributed by atoms with Crippen LogP contribution in [0.5, 0.6) is 11.6 Å². The van der Waals surface area contributed by atoms with E-state index in [0.717, 1.165) is 11.6 Å². The monoisotopic (exact) mass is 390 g/mol. The van der Waals surface area contributed by atoms with Crippen molar-refractivity contribution in [1.29, 1.82) is 0 Å². The van der Waals surface area contributed by atoms with Crippen LogP contribution in [0.15, 0.2) is 35.1 Å². The summed E-state index contributed by atoms with van der Waals surface area (Å²) >= 11 is 0. The van der Waals surface area contributed by atoms with Gasteiger partial charge in [0, 0.05) is 25.7 Å². The largest absolute Gasteiger partial charge is 0.503 e. The smallest absolute Gasteiger partial charge is 0.274 e. The molecule has 1 aromatic carbocycles. The van der Waals surface area contributed by atoms with Gasteiger partial charge >= 0.3 is 0 Å². The van der Waals surface area contributed by atoms with Crippen LogP contribution in [-0.2, 0) is 22.6 Å². The molecule has 0 spiro atoms. The molecule has 1 amide bonds. The molecule has 0 radical (unpaired) electrons. The summed E-state index contributed by atoms with van der Waals surface area (Å²) in [7, 11) is 0. The highest BCUT2D eigenvalue weighted by Gasteiger charge is 2.31. The van der Waals surface area contributed by atoms with Gasteiger partial charge in [-0.25, -0.2) is 4.39 Å². The number of amides is 1. The molecule has 9 heteroatoms. The van der Waals surface area contributed by atoms with E-state index in [9.17, 15) is 19.1 Å². The first kappa shape index (κ1) is 18.5. The minimum Gasteiger partial charge on any atom is -0.503 e. The van der Waals surface area contributed by atoms with E-state index in [1.807, 2.05) is 0 Å². The normalized spacial score (nSPS) is 19.0. The summed E-state index contributed by atoms with van der Waals surface area (Å²) in [4.78, 5) is 26.5. The molecule has 0 aliphatic carbocycles. The summed E-state index contributed by atoms with van der Waals surface area (Å²) in [5.41, 5.74) is -0.0582. The minimum atomic E-state index is -0.693. The number of carbonyl (C=O) groups is 1. The Morgan fingerprint density at radius 2 is 2.00 bits per heavy atom. The van der Waals surface area contributed by atoms with Crippen LogP contribution >= 0.6 is 0 Å². The van der Waals surface area contributed by atoms with Crippen LogP contribution in [0, 0.1) is 5.82 Å². The number of hydrogen-bond acceptors (Lipinski definition) is 6.